The quantitative estimate of drug-likeness (QED) is 0.369. The summed E-state index contributed by atoms with van der Waals surface area (Å²) in [6.45, 7) is 1.35. The first-order chi connectivity index (χ1) is 3.80. The lowest BCUT2D eigenvalue weighted by Gasteiger charge is -2.23. The van der Waals surface area contributed by atoms with Crippen molar-refractivity contribution in [1.29, 1.82) is 0 Å². The van der Waals surface area contributed by atoms with Gasteiger partial charge >= 0.3 is 0 Å². The maximum atomic E-state index is 8.89. The van der Waals surface area contributed by atoms with Gasteiger partial charge in [0.05, 0.1) is 12.2 Å². The summed E-state index contributed by atoms with van der Waals surface area (Å²) in [5, 5.41) is 20.7. The minimum atomic E-state index is -0.552. The minimum absolute atomic E-state index is 0.503. The van der Waals surface area contributed by atoms with Gasteiger partial charge in [-0.1, -0.05) is 0 Å². The number of piperidine rings is 1. The Morgan fingerprint density at radius 3 is 2.38 bits per heavy atom. The molecular formula is C5H11NO2. The average molecular weight is 117 g/mol. The summed E-state index contributed by atoms with van der Waals surface area (Å²) in [4.78, 5) is 0. The Morgan fingerprint density at radius 1 is 1.25 bits per heavy atom. The van der Waals surface area contributed by atoms with Crippen molar-refractivity contribution in [2.75, 3.05) is 13.1 Å². The maximum absolute atomic E-state index is 8.89. The molecule has 1 rings (SSSR count). The zero-order chi connectivity index (χ0) is 5.98. The normalized spacial score (nSPS) is 39.8. The number of hydrogen-bond acceptors (Lipinski definition) is 3. The Morgan fingerprint density at radius 2 is 2.00 bits per heavy atom. The van der Waals surface area contributed by atoms with Crippen molar-refractivity contribution < 1.29 is 10.2 Å². The first-order valence-corrected chi connectivity index (χ1v) is 2.87. The Hall–Kier alpha value is -0.120. The van der Waals surface area contributed by atoms with Crippen LogP contribution in [0.3, 0.4) is 0 Å². The highest BCUT2D eigenvalue weighted by Crippen LogP contribution is 2.01. The molecule has 1 heterocycles. The Bertz CT molecular complexity index is 66.8. The molecule has 0 spiro atoms. The van der Waals surface area contributed by atoms with Crippen LogP contribution in [0.2, 0.25) is 0 Å². The Balaban J connectivity index is 2.28. The molecule has 3 heteroatoms. The van der Waals surface area contributed by atoms with Crippen LogP contribution in [0.1, 0.15) is 6.42 Å². The van der Waals surface area contributed by atoms with E-state index in [1.165, 1.54) is 0 Å². The predicted octanol–water partition coefficient (Wildman–Crippen LogP) is -1.30. The van der Waals surface area contributed by atoms with E-state index in [4.69, 9.17) is 10.2 Å². The number of β-amino-alcohol motifs (C(OH)–C–C–N with tert-alkyl or cyclic N) is 1. The average Bonchev–Trinajstić information content (AvgIpc) is 1.77. The van der Waals surface area contributed by atoms with Gasteiger partial charge in [-0.3, -0.25) is 0 Å². The van der Waals surface area contributed by atoms with Crippen molar-refractivity contribution in [1.82, 2.24) is 5.32 Å². The van der Waals surface area contributed by atoms with Gasteiger partial charge in [0.2, 0.25) is 0 Å². The molecule has 1 saturated heterocycles. The summed E-state index contributed by atoms with van der Waals surface area (Å²) >= 11 is 0. The molecule has 0 amide bonds. The molecule has 2 atom stereocenters. The topological polar surface area (TPSA) is 52.5 Å². The summed E-state index contributed by atoms with van der Waals surface area (Å²) in [6.07, 6.45) is -0.388. The largest absolute Gasteiger partial charge is 0.390 e. The van der Waals surface area contributed by atoms with Crippen LogP contribution in [-0.2, 0) is 0 Å². The van der Waals surface area contributed by atoms with E-state index in [1.54, 1.807) is 0 Å². The van der Waals surface area contributed by atoms with Crippen molar-refractivity contribution in [3.05, 3.63) is 0 Å². The van der Waals surface area contributed by atoms with Crippen molar-refractivity contribution in [2.24, 2.45) is 0 Å². The first kappa shape index (κ1) is 6.01. The number of rotatable bonds is 0. The van der Waals surface area contributed by atoms with Crippen LogP contribution in [0.25, 0.3) is 0 Å². The zero-order valence-corrected chi connectivity index (χ0v) is 4.67. The summed E-state index contributed by atoms with van der Waals surface area (Å²) in [7, 11) is 0. The van der Waals surface area contributed by atoms with Crippen LogP contribution in [0, 0.1) is 0 Å². The van der Waals surface area contributed by atoms with Crippen LogP contribution in [0.15, 0.2) is 0 Å². The van der Waals surface area contributed by atoms with Gasteiger partial charge in [0.1, 0.15) is 0 Å². The molecule has 1 unspecified atom stereocenters. The standard InChI is InChI=1S/C5H11NO2/c7-4-1-2-6-3-5(4)8/h4-8H,1-3H2/t4?,5-/m1/s1. The van der Waals surface area contributed by atoms with E-state index in [0.29, 0.717) is 13.0 Å². The van der Waals surface area contributed by atoms with Gasteiger partial charge in [-0.15, -0.1) is 0 Å². The molecule has 48 valence electrons. The molecule has 1 aliphatic rings. The Kier molecular flexibility index (Phi) is 1.83. The van der Waals surface area contributed by atoms with E-state index in [2.05, 4.69) is 5.32 Å². The number of aliphatic hydroxyl groups is 2. The van der Waals surface area contributed by atoms with Crippen LogP contribution >= 0.6 is 0 Å². The third-order valence-corrected chi connectivity index (χ3v) is 1.41. The molecule has 0 aromatic rings. The van der Waals surface area contributed by atoms with Gasteiger partial charge in [-0.2, -0.15) is 0 Å². The molecule has 0 bridgehead atoms. The second-order valence-electron chi connectivity index (χ2n) is 2.13. The molecule has 8 heavy (non-hydrogen) atoms. The molecule has 0 aromatic carbocycles. The summed E-state index contributed by atoms with van der Waals surface area (Å²) < 4.78 is 0. The van der Waals surface area contributed by atoms with E-state index in [9.17, 15) is 0 Å². The summed E-state index contributed by atoms with van der Waals surface area (Å²) in [5.41, 5.74) is 0. The zero-order valence-electron chi connectivity index (χ0n) is 4.67. The monoisotopic (exact) mass is 117 g/mol. The molecular weight excluding hydrogens is 106 g/mol. The summed E-state index contributed by atoms with van der Waals surface area (Å²) in [5.74, 6) is 0. The highest BCUT2D eigenvalue weighted by atomic mass is 16.3. The lowest BCUT2D eigenvalue weighted by molar-refractivity contribution is 0.000433. The van der Waals surface area contributed by atoms with Crippen molar-refractivity contribution in [3.8, 4) is 0 Å². The maximum Gasteiger partial charge on any atom is 0.0923 e. The smallest absolute Gasteiger partial charge is 0.0923 e. The second kappa shape index (κ2) is 2.44. The van der Waals surface area contributed by atoms with E-state index in [1.807, 2.05) is 0 Å². The first-order valence-electron chi connectivity index (χ1n) is 2.87. The van der Waals surface area contributed by atoms with Gasteiger partial charge in [-0.25, -0.2) is 0 Å². The van der Waals surface area contributed by atoms with E-state index >= 15 is 0 Å². The van der Waals surface area contributed by atoms with Gasteiger partial charge < -0.3 is 15.5 Å². The van der Waals surface area contributed by atoms with Crippen LogP contribution in [-0.4, -0.2) is 35.5 Å². The van der Waals surface area contributed by atoms with Gasteiger partial charge in [0.15, 0.2) is 0 Å². The highest BCUT2D eigenvalue weighted by molar-refractivity contribution is 4.75. The van der Waals surface area contributed by atoms with Gasteiger partial charge in [-0.05, 0) is 13.0 Å². The number of hydrogen-bond donors (Lipinski definition) is 3. The van der Waals surface area contributed by atoms with Crippen molar-refractivity contribution >= 4 is 0 Å². The van der Waals surface area contributed by atoms with E-state index in [-0.39, 0.29) is 0 Å². The highest BCUT2D eigenvalue weighted by Gasteiger charge is 2.18. The number of aliphatic hydroxyl groups excluding tert-OH is 2. The molecule has 3 nitrogen and oxygen atoms in total. The minimum Gasteiger partial charge on any atom is -0.390 e. The fourth-order valence-electron chi connectivity index (χ4n) is 0.828. The molecule has 3 N–H and O–H groups in total. The molecule has 0 saturated carbocycles. The fourth-order valence-corrected chi connectivity index (χ4v) is 0.828. The molecule has 0 radical (unpaired) electrons. The molecule has 0 aromatic heterocycles. The second-order valence-corrected chi connectivity index (χ2v) is 2.13. The van der Waals surface area contributed by atoms with E-state index < -0.39 is 12.2 Å². The lowest BCUT2D eigenvalue weighted by Crippen LogP contribution is -2.43. The molecule has 1 aliphatic heterocycles. The number of nitrogens with one attached hydrogen (secondary N) is 1. The van der Waals surface area contributed by atoms with Gasteiger partial charge in [0, 0.05) is 6.54 Å². The SMILES string of the molecule is OC1CCNC[C@H]1O. The molecule has 0 aliphatic carbocycles. The predicted molar refractivity (Wildman–Crippen MR) is 29.5 cm³/mol. The molecule has 1 fully saturated rings. The van der Waals surface area contributed by atoms with Crippen LogP contribution < -0.4 is 5.32 Å². The summed E-state index contributed by atoms with van der Waals surface area (Å²) in [6, 6.07) is 0. The third kappa shape index (κ3) is 1.18. The fraction of sp³-hybridized carbons (Fsp3) is 1.00. The van der Waals surface area contributed by atoms with Crippen LogP contribution in [0.4, 0.5) is 0 Å². The van der Waals surface area contributed by atoms with Crippen molar-refractivity contribution in [3.63, 3.8) is 0 Å². The van der Waals surface area contributed by atoms with E-state index in [0.717, 1.165) is 6.54 Å². The van der Waals surface area contributed by atoms with Crippen molar-refractivity contribution in [2.45, 2.75) is 18.6 Å². The van der Waals surface area contributed by atoms with Crippen LogP contribution in [0.5, 0.6) is 0 Å². The Labute approximate surface area is 48.3 Å². The van der Waals surface area contributed by atoms with Gasteiger partial charge in [0.25, 0.3) is 0 Å². The third-order valence-electron chi connectivity index (χ3n) is 1.41. The lowest BCUT2D eigenvalue weighted by atomic mass is 10.1.